The number of carbonyl (C=O) groups excluding carboxylic acids is 1. The lowest BCUT2D eigenvalue weighted by Crippen LogP contribution is -2.28. The Balaban J connectivity index is 1.43. The van der Waals surface area contributed by atoms with E-state index in [1.54, 1.807) is 17.0 Å². The largest absolute Gasteiger partial charge is 0.308 e. The third kappa shape index (κ3) is 4.61. The van der Waals surface area contributed by atoms with Crippen molar-refractivity contribution >= 4 is 21.6 Å². The lowest BCUT2D eigenvalue weighted by Gasteiger charge is -2.18. The molecular formula is C24H24N2O3S. The molecule has 0 spiro atoms. The summed E-state index contributed by atoms with van der Waals surface area (Å²) in [6.07, 6.45) is 0.761. The first-order valence-electron chi connectivity index (χ1n) is 9.93. The van der Waals surface area contributed by atoms with Crippen LogP contribution in [0.15, 0.2) is 72.8 Å². The molecule has 0 fully saturated rings. The van der Waals surface area contributed by atoms with Gasteiger partial charge in [-0.3, -0.25) is 4.79 Å². The van der Waals surface area contributed by atoms with Gasteiger partial charge in [0.25, 0.3) is 5.91 Å². The molecular weight excluding hydrogens is 396 g/mol. The molecule has 1 amide bonds. The second kappa shape index (κ2) is 8.42. The van der Waals surface area contributed by atoms with E-state index in [2.05, 4.69) is 4.72 Å². The van der Waals surface area contributed by atoms with Crippen molar-refractivity contribution in [1.29, 1.82) is 0 Å². The van der Waals surface area contributed by atoms with Crippen LogP contribution in [0.25, 0.3) is 0 Å². The van der Waals surface area contributed by atoms with Crippen molar-refractivity contribution in [3.63, 3.8) is 0 Å². The number of anilines is 1. The summed E-state index contributed by atoms with van der Waals surface area (Å²) in [5, 5.41) is 0. The molecule has 0 atom stereocenters. The van der Waals surface area contributed by atoms with Crippen LogP contribution in [0, 0.1) is 6.92 Å². The van der Waals surface area contributed by atoms with Gasteiger partial charge in [0, 0.05) is 24.3 Å². The molecule has 1 aliphatic heterocycles. The number of amides is 1. The van der Waals surface area contributed by atoms with Gasteiger partial charge in [0.1, 0.15) is 0 Å². The van der Waals surface area contributed by atoms with Crippen molar-refractivity contribution in [2.75, 3.05) is 11.4 Å². The number of hydrogen-bond donors (Lipinski definition) is 1. The monoisotopic (exact) mass is 420 g/mol. The number of nitrogens with zero attached hydrogens (tertiary/aromatic N) is 1. The number of aryl methyl sites for hydroxylation is 1. The Kier molecular flexibility index (Phi) is 5.70. The van der Waals surface area contributed by atoms with Gasteiger partial charge in [-0.2, -0.15) is 0 Å². The maximum atomic E-state index is 12.9. The van der Waals surface area contributed by atoms with Crippen molar-refractivity contribution in [2.45, 2.75) is 25.6 Å². The molecule has 0 unspecified atom stereocenters. The Morgan fingerprint density at radius 2 is 1.70 bits per heavy atom. The Morgan fingerprint density at radius 1 is 0.967 bits per heavy atom. The summed E-state index contributed by atoms with van der Waals surface area (Å²) in [5.41, 5.74) is 5.39. The molecule has 5 nitrogen and oxygen atoms in total. The summed E-state index contributed by atoms with van der Waals surface area (Å²) in [6, 6.07) is 22.5. The summed E-state index contributed by atoms with van der Waals surface area (Å²) < 4.78 is 27.4. The summed E-state index contributed by atoms with van der Waals surface area (Å²) in [7, 11) is -3.43. The molecule has 1 heterocycles. The van der Waals surface area contributed by atoms with Crippen LogP contribution in [0.5, 0.6) is 0 Å². The quantitative estimate of drug-likeness (QED) is 0.659. The Hall–Kier alpha value is -2.96. The molecule has 154 valence electrons. The van der Waals surface area contributed by atoms with E-state index in [-0.39, 0.29) is 18.2 Å². The van der Waals surface area contributed by atoms with Crippen molar-refractivity contribution in [2.24, 2.45) is 0 Å². The SMILES string of the molecule is Cc1ccc(C(=O)N2CCc3cc(CNS(=O)(=O)Cc4ccccc4)ccc32)cc1. The highest BCUT2D eigenvalue weighted by Crippen LogP contribution is 2.30. The Morgan fingerprint density at radius 3 is 2.43 bits per heavy atom. The fourth-order valence-corrected chi connectivity index (χ4v) is 4.79. The third-order valence-corrected chi connectivity index (χ3v) is 6.58. The van der Waals surface area contributed by atoms with Crippen molar-refractivity contribution in [3.8, 4) is 0 Å². The molecule has 0 saturated heterocycles. The van der Waals surface area contributed by atoms with E-state index in [1.807, 2.05) is 67.6 Å². The smallest absolute Gasteiger partial charge is 0.258 e. The van der Waals surface area contributed by atoms with Gasteiger partial charge in [-0.1, -0.05) is 60.2 Å². The molecule has 0 aliphatic carbocycles. The summed E-state index contributed by atoms with van der Waals surface area (Å²) >= 11 is 0. The molecule has 0 saturated carbocycles. The molecule has 3 aromatic carbocycles. The number of hydrogen-bond acceptors (Lipinski definition) is 3. The number of carbonyl (C=O) groups is 1. The van der Waals surface area contributed by atoms with Gasteiger partial charge in [-0.05, 0) is 48.2 Å². The van der Waals surface area contributed by atoms with Gasteiger partial charge in [0.2, 0.25) is 10.0 Å². The van der Waals surface area contributed by atoms with Crippen molar-refractivity contribution in [3.05, 3.63) is 101 Å². The van der Waals surface area contributed by atoms with Crippen LogP contribution < -0.4 is 9.62 Å². The maximum Gasteiger partial charge on any atom is 0.258 e. The van der Waals surface area contributed by atoms with E-state index in [1.165, 1.54) is 0 Å². The van der Waals surface area contributed by atoms with E-state index in [9.17, 15) is 13.2 Å². The lowest BCUT2D eigenvalue weighted by atomic mass is 10.1. The highest BCUT2D eigenvalue weighted by Gasteiger charge is 2.25. The first-order valence-corrected chi connectivity index (χ1v) is 11.6. The Bertz CT molecular complexity index is 1160. The van der Waals surface area contributed by atoms with Gasteiger partial charge in [-0.15, -0.1) is 0 Å². The number of sulfonamides is 1. The van der Waals surface area contributed by atoms with Gasteiger partial charge < -0.3 is 4.90 Å². The average molecular weight is 421 g/mol. The fraction of sp³-hybridized carbons (Fsp3) is 0.208. The summed E-state index contributed by atoms with van der Waals surface area (Å²) in [5.74, 6) is -0.0532. The number of nitrogens with one attached hydrogen (secondary N) is 1. The van der Waals surface area contributed by atoms with Crippen LogP contribution >= 0.6 is 0 Å². The molecule has 6 heteroatoms. The van der Waals surface area contributed by atoms with Crippen LogP contribution in [-0.2, 0) is 28.7 Å². The number of fused-ring (bicyclic) bond motifs is 1. The van der Waals surface area contributed by atoms with Gasteiger partial charge in [0.05, 0.1) is 5.75 Å². The highest BCUT2D eigenvalue weighted by molar-refractivity contribution is 7.88. The zero-order chi connectivity index (χ0) is 21.1. The molecule has 30 heavy (non-hydrogen) atoms. The second-order valence-corrected chi connectivity index (χ2v) is 9.41. The van der Waals surface area contributed by atoms with Crippen LogP contribution in [0.1, 0.15) is 32.6 Å². The first-order chi connectivity index (χ1) is 14.4. The molecule has 3 aromatic rings. The van der Waals surface area contributed by atoms with E-state index >= 15 is 0 Å². The zero-order valence-electron chi connectivity index (χ0n) is 16.8. The van der Waals surface area contributed by atoms with Crippen LogP contribution in [0.2, 0.25) is 0 Å². The minimum Gasteiger partial charge on any atom is -0.308 e. The number of benzene rings is 3. The second-order valence-electron chi connectivity index (χ2n) is 7.60. The van der Waals surface area contributed by atoms with Crippen LogP contribution in [-0.4, -0.2) is 20.9 Å². The average Bonchev–Trinajstić information content (AvgIpc) is 3.16. The lowest BCUT2D eigenvalue weighted by molar-refractivity contribution is 0.0989. The first kappa shape index (κ1) is 20.3. The fourth-order valence-electron chi connectivity index (χ4n) is 3.67. The highest BCUT2D eigenvalue weighted by atomic mass is 32.2. The maximum absolute atomic E-state index is 12.9. The molecule has 1 aliphatic rings. The van der Waals surface area contributed by atoms with E-state index < -0.39 is 10.0 Å². The predicted octanol–water partition coefficient (Wildman–Crippen LogP) is 3.82. The predicted molar refractivity (Wildman–Crippen MR) is 119 cm³/mol. The molecule has 4 rings (SSSR count). The van der Waals surface area contributed by atoms with Gasteiger partial charge in [-0.25, -0.2) is 13.1 Å². The number of rotatable bonds is 6. The summed E-state index contributed by atoms with van der Waals surface area (Å²) in [6.45, 7) is 2.86. The van der Waals surface area contributed by atoms with Crippen molar-refractivity contribution < 1.29 is 13.2 Å². The van der Waals surface area contributed by atoms with E-state index in [0.717, 1.165) is 34.4 Å². The van der Waals surface area contributed by atoms with E-state index in [4.69, 9.17) is 0 Å². The zero-order valence-corrected chi connectivity index (χ0v) is 17.7. The molecule has 0 aromatic heterocycles. The van der Waals surface area contributed by atoms with Crippen LogP contribution in [0.4, 0.5) is 5.69 Å². The minimum atomic E-state index is -3.43. The van der Waals surface area contributed by atoms with E-state index in [0.29, 0.717) is 12.1 Å². The van der Waals surface area contributed by atoms with Gasteiger partial charge in [0.15, 0.2) is 0 Å². The normalized spacial score (nSPS) is 13.3. The Labute approximate surface area is 177 Å². The van der Waals surface area contributed by atoms with Gasteiger partial charge >= 0.3 is 0 Å². The molecule has 0 bridgehead atoms. The molecule has 1 N–H and O–H groups in total. The topological polar surface area (TPSA) is 66.5 Å². The standard InChI is InChI=1S/C24H24N2O3S/c1-18-7-10-21(11-8-18)24(27)26-14-13-22-15-20(9-12-23(22)26)16-25-30(28,29)17-19-5-3-2-4-6-19/h2-12,15,25H,13-14,16-17H2,1H3. The molecule has 0 radical (unpaired) electrons. The third-order valence-electron chi connectivity index (χ3n) is 5.28. The van der Waals surface area contributed by atoms with Crippen LogP contribution in [0.3, 0.4) is 0 Å². The minimum absolute atomic E-state index is 0.00920. The summed E-state index contributed by atoms with van der Waals surface area (Å²) in [4.78, 5) is 14.7. The van der Waals surface area contributed by atoms with Crippen molar-refractivity contribution in [1.82, 2.24) is 4.72 Å².